The molecular formula is C9H18N2OS. The molecule has 1 aliphatic heterocycles. The van der Waals surface area contributed by atoms with Crippen molar-refractivity contribution in [2.24, 2.45) is 0 Å². The van der Waals surface area contributed by atoms with Gasteiger partial charge >= 0.3 is 0 Å². The molecule has 1 fully saturated rings. The van der Waals surface area contributed by atoms with Crippen LogP contribution in [0.4, 0.5) is 0 Å². The van der Waals surface area contributed by atoms with Crippen LogP contribution in [-0.2, 0) is 4.79 Å². The van der Waals surface area contributed by atoms with E-state index in [-0.39, 0.29) is 11.9 Å². The van der Waals surface area contributed by atoms with Crippen LogP contribution in [0.25, 0.3) is 0 Å². The minimum absolute atomic E-state index is 0.0454. The van der Waals surface area contributed by atoms with Gasteiger partial charge in [-0.05, 0) is 13.3 Å². The Kier molecular flexibility index (Phi) is 4.06. The zero-order valence-corrected chi connectivity index (χ0v) is 9.36. The summed E-state index contributed by atoms with van der Waals surface area (Å²) >= 11 is 1.79. The fourth-order valence-electron chi connectivity index (χ4n) is 1.29. The van der Waals surface area contributed by atoms with Crippen LogP contribution in [-0.4, -0.2) is 41.6 Å². The molecule has 0 bridgehead atoms. The van der Waals surface area contributed by atoms with Crippen LogP contribution in [0.3, 0.4) is 0 Å². The molecule has 2 unspecified atom stereocenters. The highest BCUT2D eigenvalue weighted by atomic mass is 32.2. The number of hydrogen-bond acceptors (Lipinski definition) is 3. The standard InChI is InChI=1S/C9H18N2OS/c1-4-7(2)11(3)9(12)8-5-13-6-10-8/h7-8,10H,4-6H2,1-3H3. The number of carbonyl (C=O) groups is 1. The predicted molar refractivity (Wildman–Crippen MR) is 56.8 cm³/mol. The molecule has 13 heavy (non-hydrogen) atoms. The fourth-order valence-corrected chi connectivity index (χ4v) is 2.22. The average Bonchev–Trinajstić information content (AvgIpc) is 2.67. The van der Waals surface area contributed by atoms with E-state index >= 15 is 0 Å². The second kappa shape index (κ2) is 4.86. The minimum atomic E-state index is 0.0454. The van der Waals surface area contributed by atoms with Crippen LogP contribution in [0.1, 0.15) is 20.3 Å². The summed E-state index contributed by atoms with van der Waals surface area (Å²) in [5, 5.41) is 3.19. The van der Waals surface area contributed by atoms with Crippen molar-refractivity contribution in [2.45, 2.75) is 32.4 Å². The molecule has 76 valence electrons. The first-order chi connectivity index (χ1) is 6.16. The maximum atomic E-state index is 11.8. The second-order valence-electron chi connectivity index (χ2n) is 3.48. The lowest BCUT2D eigenvalue weighted by atomic mass is 10.2. The van der Waals surface area contributed by atoms with Gasteiger partial charge in [0, 0.05) is 24.7 Å². The Labute approximate surface area is 84.2 Å². The van der Waals surface area contributed by atoms with Gasteiger partial charge in [-0.2, -0.15) is 0 Å². The maximum Gasteiger partial charge on any atom is 0.240 e. The van der Waals surface area contributed by atoms with E-state index in [1.54, 1.807) is 11.8 Å². The summed E-state index contributed by atoms with van der Waals surface area (Å²) in [5.41, 5.74) is 0. The first-order valence-electron chi connectivity index (χ1n) is 4.74. The molecule has 0 aromatic rings. The van der Waals surface area contributed by atoms with Crippen molar-refractivity contribution in [1.29, 1.82) is 0 Å². The molecule has 0 spiro atoms. The van der Waals surface area contributed by atoms with Crippen molar-refractivity contribution < 1.29 is 4.79 Å². The maximum absolute atomic E-state index is 11.8. The topological polar surface area (TPSA) is 32.3 Å². The highest BCUT2D eigenvalue weighted by molar-refractivity contribution is 7.99. The number of likely N-dealkylation sites (N-methyl/N-ethyl adjacent to an activating group) is 1. The first kappa shape index (κ1) is 10.9. The van der Waals surface area contributed by atoms with Crippen LogP contribution in [0.5, 0.6) is 0 Å². The van der Waals surface area contributed by atoms with E-state index in [0.29, 0.717) is 6.04 Å². The monoisotopic (exact) mass is 202 g/mol. The third-order valence-electron chi connectivity index (χ3n) is 2.61. The summed E-state index contributed by atoms with van der Waals surface area (Å²) in [6.07, 6.45) is 1.02. The third-order valence-corrected chi connectivity index (χ3v) is 3.55. The Bertz CT molecular complexity index is 180. The molecule has 1 aliphatic rings. The number of carbonyl (C=O) groups excluding carboxylic acids is 1. The molecule has 1 N–H and O–H groups in total. The highest BCUT2D eigenvalue weighted by Gasteiger charge is 2.26. The van der Waals surface area contributed by atoms with Crippen molar-refractivity contribution in [2.75, 3.05) is 18.7 Å². The number of hydrogen-bond donors (Lipinski definition) is 1. The lowest BCUT2D eigenvalue weighted by Gasteiger charge is -2.26. The summed E-state index contributed by atoms with van der Waals surface area (Å²) in [7, 11) is 1.89. The molecule has 1 amide bonds. The number of nitrogens with zero attached hydrogens (tertiary/aromatic N) is 1. The number of amides is 1. The Hall–Kier alpha value is -0.220. The van der Waals surface area contributed by atoms with Crippen LogP contribution in [0, 0.1) is 0 Å². The summed E-state index contributed by atoms with van der Waals surface area (Å²) in [5.74, 6) is 2.06. The van der Waals surface area contributed by atoms with Crippen LogP contribution in [0.2, 0.25) is 0 Å². The molecular weight excluding hydrogens is 184 g/mol. The SMILES string of the molecule is CCC(C)N(C)C(=O)C1CSCN1. The molecule has 2 atom stereocenters. The van der Waals surface area contributed by atoms with Crippen molar-refractivity contribution in [1.82, 2.24) is 10.2 Å². The van der Waals surface area contributed by atoms with E-state index in [4.69, 9.17) is 0 Å². The van der Waals surface area contributed by atoms with Crippen molar-refractivity contribution in [3.63, 3.8) is 0 Å². The normalized spacial score (nSPS) is 24.4. The van der Waals surface area contributed by atoms with Gasteiger partial charge in [-0.15, -0.1) is 11.8 Å². The molecule has 0 saturated carbocycles. The fraction of sp³-hybridized carbons (Fsp3) is 0.889. The largest absolute Gasteiger partial charge is 0.342 e. The lowest BCUT2D eigenvalue weighted by Crippen LogP contribution is -2.46. The predicted octanol–water partition coefficient (Wildman–Crippen LogP) is 0.906. The van der Waals surface area contributed by atoms with E-state index in [2.05, 4.69) is 19.2 Å². The van der Waals surface area contributed by atoms with Crippen molar-refractivity contribution in [3.05, 3.63) is 0 Å². The van der Waals surface area contributed by atoms with Gasteiger partial charge in [0.2, 0.25) is 5.91 Å². The highest BCUT2D eigenvalue weighted by Crippen LogP contribution is 2.13. The molecule has 1 saturated heterocycles. The first-order valence-corrected chi connectivity index (χ1v) is 5.90. The molecule has 0 aliphatic carbocycles. The lowest BCUT2D eigenvalue weighted by molar-refractivity contribution is -0.133. The molecule has 3 nitrogen and oxygen atoms in total. The van der Waals surface area contributed by atoms with Gasteiger partial charge in [-0.3, -0.25) is 10.1 Å². The van der Waals surface area contributed by atoms with Crippen molar-refractivity contribution in [3.8, 4) is 0 Å². The molecule has 4 heteroatoms. The minimum Gasteiger partial charge on any atom is -0.342 e. The van der Waals surface area contributed by atoms with E-state index in [1.165, 1.54) is 0 Å². The Morgan fingerprint density at radius 3 is 2.92 bits per heavy atom. The van der Waals surface area contributed by atoms with Gasteiger partial charge in [0.15, 0.2) is 0 Å². The molecule has 0 radical (unpaired) electrons. The van der Waals surface area contributed by atoms with Gasteiger partial charge in [-0.25, -0.2) is 0 Å². The smallest absolute Gasteiger partial charge is 0.240 e. The van der Waals surface area contributed by atoms with Crippen LogP contribution < -0.4 is 5.32 Å². The summed E-state index contributed by atoms with van der Waals surface area (Å²) in [6, 6.07) is 0.392. The number of thioether (sulfide) groups is 1. The molecule has 0 aromatic carbocycles. The zero-order valence-electron chi connectivity index (χ0n) is 8.54. The Morgan fingerprint density at radius 1 is 1.77 bits per heavy atom. The van der Waals surface area contributed by atoms with E-state index in [9.17, 15) is 4.79 Å². The third kappa shape index (κ3) is 2.61. The van der Waals surface area contributed by atoms with Crippen LogP contribution in [0.15, 0.2) is 0 Å². The summed E-state index contributed by atoms with van der Waals surface area (Å²) in [4.78, 5) is 13.6. The Balaban J connectivity index is 2.45. The zero-order chi connectivity index (χ0) is 9.84. The Morgan fingerprint density at radius 2 is 2.46 bits per heavy atom. The van der Waals surface area contributed by atoms with Gasteiger partial charge in [0.05, 0.1) is 6.04 Å². The quantitative estimate of drug-likeness (QED) is 0.738. The van der Waals surface area contributed by atoms with Gasteiger partial charge in [-0.1, -0.05) is 6.92 Å². The van der Waals surface area contributed by atoms with E-state index in [0.717, 1.165) is 18.1 Å². The van der Waals surface area contributed by atoms with E-state index < -0.39 is 0 Å². The second-order valence-corrected chi connectivity index (χ2v) is 4.51. The van der Waals surface area contributed by atoms with Crippen LogP contribution >= 0.6 is 11.8 Å². The molecule has 1 heterocycles. The molecule has 0 aromatic heterocycles. The number of rotatable bonds is 3. The van der Waals surface area contributed by atoms with Gasteiger partial charge in [0.25, 0.3) is 0 Å². The van der Waals surface area contributed by atoms with Gasteiger partial charge in [0.1, 0.15) is 0 Å². The number of nitrogens with one attached hydrogen (secondary N) is 1. The average molecular weight is 202 g/mol. The molecule has 1 rings (SSSR count). The summed E-state index contributed by atoms with van der Waals surface area (Å²) in [6.45, 7) is 4.19. The van der Waals surface area contributed by atoms with E-state index in [1.807, 2.05) is 11.9 Å². The van der Waals surface area contributed by atoms with Gasteiger partial charge < -0.3 is 4.90 Å². The van der Waals surface area contributed by atoms with Crippen molar-refractivity contribution >= 4 is 17.7 Å². The summed E-state index contributed by atoms with van der Waals surface area (Å²) < 4.78 is 0.